The van der Waals surface area contributed by atoms with Crippen LogP contribution >= 0.6 is 0 Å². The highest BCUT2D eigenvalue weighted by Crippen LogP contribution is 2.21. The Hall–Kier alpha value is -0.120. The van der Waals surface area contributed by atoms with Crippen LogP contribution < -0.4 is 5.32 Å². The molecule has 1 aliphatic rings. The van der Waals surface area contributed by atoms with Gasteiger partial charge in [0.25, 0.3) is 0 Å². The molecule has 1 rings (SSSR count). The molecule has 0 saturated carbocycles. The standard InChI is InChI=1S/C17H37N3/c1-7-16-12-19(6)9-8-10-20(16)14-17(4,5)13-18-11-15(2)3/h15-16,18H,7-14H2,1-6H3. The highest BCUT2D eigenvalue weighted by atomic mass is 15.2. The van der Waals surface area contributed by atoms with Crippen molar-refractivity contribution in [1.29, 1.82) is 0 Å². The van der Waals surface area contributed by atoms with Crippen molar-refractivity contribution in [2.24, 2.45) is 11.3 Å². The molecule has 1 heterocycles. The number of rotatable bonds is 7. The van der Waals surface area contributed by atoms with E-state index >= 15 is 0 Å². The van der Waals surface area contributed by atoms with Crippen molar-refractivity contribution in [3.05, 3.63) is 0 Å². The van der Waals surface area contributed by atoms with Gasteiger partial charge in [0.2, 0.25) is 0 Å². The Labute approximate surface area is 127 Å². The van der Waals surface area contributed by atoms with Gasteiger partial charge in [0, 0.05) is 25.7 Å². The zero-order chi connectivity index (χ0) is 15.2. The Morgan fingerprint density at radius 2 is 1.95 bits per heavy atom. The summed E-state index contributed by atoms with van der Waals surface area (Å²) in [4.78, 5) is 5.23. The van der Waals surface area contributed by atoms with Gasteiger partial charge >= 0.3 is 0 Å². The van der Waals surface area contributed by atoms with Crippen LogP contribution in [-0.4, -0.2) is 62.2 Å². The second kappa shape index (κ2) is 8.35. The number of nitrogens with zero attached hydrogens (tertiary/aromatic N) is 2. The summed E-state index contributed by atoms with van der Waals surface area (Å²) < 4.78 is 0. The van der Waals surface area contributed by atoms with Crippen molar-refractivity contribution < 1.29 is 0 Å². The summed E-state index contributed by atoms with van der Waals surface area (Å²) in [7, 11) is 2.27. The lowest BCUT2D eigenvalue weighted by atomic mass is 9.91. The molecule has 3 nitrogen and oxygen atoms in total. The second-order valence-corrected chi connectivity index (χ2v) is 7.84. The first kappa shape index (κ1) is 17.9. The number of hydrogen-bond donors (Lipinski definition) is 1. The summed E-state index contributed by atoms with van der Waals surface area (Å²) in [6.07, 6.45) is 2.57. The summed E-state index contributed by atoms with van der Waals surface area (Å²) in [6.45, 7) is 18.9. The van der Waals surface area contributed by atoms with Gasteiger partial charge in [-0.05, 0) is 50.9 Å². The van der Waals surface area contributed by atoms with Crippen LogP contribution in [0.1, 0.15) is 47.5 Å². The molecule has 0 spiro atoms. The van der Waals surface area contributed by atoms with Crippen molar-refractivity contribution in [2.45, 2.75) is 53.5 Å². The molecule has 0 aromatic heterocycles. The quantitative estimate of drug-likeness (QED) is 0.775. The first-order valence-corrected chi connectivity index (χ1v) is 8.47. The van der Waals surface area contributed by atoms with Crippen molar-refractivity contribution in [3.63, 3.8) is 0 Å². The van der Waals surface area contributed by atoms with E-state index in [1.165, 1.54) is 39.0 Å². The van der Waals surface area contributed by atoms with E-state index in [-0.39, 0.29) is 0 Å². The Bertz CT molecular complexity index is 263. The third kappa shape index (κ3) is 6.55. The topological polar surface area (TPSA) is 18.5 Å². The van der Waals surface area contributed by atoms with E-state index in [0.717, 1.165) is 25.0 Å². The smallest absolute Gasteiger partial charge is 0.0220 e. The molecule has 0 bridgehead atoms. The van der Waals surface area contributed by atoms with Crippen LogP contribution in [0.5, 0.6) is 0 Å². The lowest BCUT2D eigenvalue weighted by molar-refractivity contribution is 0.122. The van der Waals surface area contributed by atoms with Gasteiger partial charge in [-0.1, -0.05) is 34.6 Å². The number of likely N-dealkylation sites (N-methyl/N-ethyl adjacent to an activating group) is 1. The summed E-state index contributed by atoms with van der Waals surface area (Å²) in [5.74, 6) is 0.737. The van der Waals surface area contributed by atoms with E-state index in [9.17, 15) is 0 Å². The van der Waals surface area contributed by atoms with Gasteiger partial charge in [0.05, 0.1) is 0 Å². The fourth-order valence-electron chi connectivity index (χ4n) is 3.19. The normalized spacial score (nSPS) is 23.2. The maximum atomic E-state index is 3.63. The Balaban J connectivity index is 2.49. The molecule has 1 aliphatic heterocycles. The monoisotopic (exact) mass is 283 g/mol. The maximum absolute atomic E-state index is 3.63. The van der Waals surface area contributed by atoms with Gasteiger partial charge in [-0.25, -0.2) is 0 Å². The van der Waals surface area contributed by atoms with Crippen LogP contribution in [0.4, 0.5) is 0 Å². The molecule has 0 aromatic carbocycles. The molecule has 1 atom stereocenters. The van der Waals surface area contributed by atoms with E-state index in [1.807, 2.05) is 0 Å². The minimum atomic E-state index is 0.352. The fraction of sp³-hybridized carbons (Fsp3) is 1.00. The van der Waals surface area contributed by atoms with Gasteiger partial charge in [-0.15, -0.1) is 0 Å². The first-order chi connectivity index (χ1) is 9.34. The predicted molar refractivity (Wildman–Crippen MR) is 89.3 cm³/mol. The Morgan fingerprint density at radius 3 is 2.55 bits per heavy atom. The van der Waals surface area contributed by atoms with E-state index in [1.54, 1.807) is 0 Å². The molecule has 0 amide bonds. The number of nitrogens with one attached hydrogen (secondary N) is 1. The molecule has 1 fully saturated rings. The van der Waals surface area contributed by atoms with Gasteiger partial charge in [-0.2, -0.15) is 0 Å². The molecule has 0 aromatic rings. The molecule has 1 saturated heterocycles. The van der Waals surface area contributed by atoms with E-state index in [0.29, 0.717) is 5.41 Å². The summed E-state index contributed by atoms with van der Waals surface area (Å²) in [5, 5.41) is 3.63. The average molecular weight is 284 g/mol. The van der Waals surface area contributed by atoms with Crippen LogP contribution in [-0.2, 0) is 0 Å². The summed E-state index contributed by atoms with van der Waals surface area (Å²) >= 11 is 0. The van der Waals surface area contributed by atoms with E-state index < -0.39 is 0 Å². The molecular weight excluding hydrogens is 246 g/mol. The van der Waals surface area contributed by atoms with Crippen LogP contribution in [0.25, 0.3) is 0 Å². The molecule has 3 heteroatoms. The molecule has 120 valence electrons. The molecule has 1 N–H and O–H groups in total. The van der Waals surface area contributed by atoms with Gasteiger partial charge in [0.15, 0.2) is 0 Å². The van der Waals surface area contributed by atoms with Crippen LogP contribution in [0.2, 0.25) is 0 Å². The van der Waals surface area contributed by atoms with E-state index in [4.69, 9.17) is 0 Å². The number of hydrogen-bond acceptors (Lipinski definition) is 3. The van der Waals surface area contributed by atoms with Crippen molar-refractivity contribution in [2.75, 3.05) is 46.3 Å². The zero-order valence-corrected chi connectivity index (χ0v) is 14.7. The average Bonchev–Trinajstić information content (AvgIpc) is 2.49. The van der Waals surface area contributed by atoms with E-state index in [2.05, 4.69) is 56.8 Å². The van der Waals surface area contributed by atoms with Crippen molar-refractivity contribution >= 4 is 0 Å². The minimum absolute atomic E-state index is 0.352. The van der Waals surface area contributed by atoms with Crippen LogP contribution in [0.3, 0.4) is 0 Å². The fourth-order valence-corrected chi connectivity index (χ4v) is 3.19. The first-order valence-electron chi connectivity index (χ1n) is 8.47. The molecule has 0 aliphatic carbocycles. The lowest BCUT2D eigenvalue weighted by Crippen LogP contribution is -2.47. The summed E-state index contributed by atoms with van der Waals surface area (Å²) in [6, 6.07) is 0.729. The van der Waals surface area contributed by atoms with Gasteiger partial charge < -0.3 is 10.2 Å². The van der Waals surface area contributed by atoms with Crippen molar-refractivity contribution in [3.8, 4) is 0 Å². The third-order valence-electron chi connectivity index (χ3n) is 4.28. The van der Waals surface area contributed by atoms with Gasteiger partial charge in [-0.3, -0.25) is 4.90 Å². The largest absolute Gasteiger partial charge is 0.316 e. The highest BCUT2D eigenvalue weighted by molar-refractivity contribution is 4.83. The van der Waals surface area contributed by atoms with Crippen LogP contribution in [0.15, 0.2) is 0 Å². The molecule has 1 unspecified atom stereocenters. The maximum Gasteiger partial charge on any atom is 0.0220 e. The second-order valence-electron chi connectivity index (χ2n) is 7.84. The SMILES string of the molecule is CCC1CN(C)CCCN1CC(C)(C)CNCC(C)C. The highest BCUT2D eigenvalue weighted by Gasteiger charge is 2.27. The van der Waals surface area contributed by atoms with Gasteiger partial charge in [0.1, 0.15) is 0 Å². The molecular formula is C17H37N3. The minimum Gasteiger partial charge on any atom is -0.316 e. The zero-order valence-electron chi connectivity index (χ0n) is 14.7. The Morgan fingerprint density at radius 1 is 1.25 bits per heavy atom. The lowest BCUT2D eigenvalue weighted by Gasteiger charge is -2.37. The Kier molecular flexibility index (Phi) is 7.49. The predicted octanol–water partition coefficient (Wildman–Crippen LogP) is 2.67. The third-order valence-corrected chi connectivity index (χ3v) is 4.28. The van der Waals surface area contributed by atoms with Crippen molar-refractivity contribution in [1.82, 2.24) is 15.1 Å². The van der Waals surface area contributed by atoms with Crippen LogP contribution in [0, 0.1) is 11.3 Å². The molecule has 20 heavy (non-hydrogen) atoms. The summed E-state index contributed by atoms with van der Waals surface area (Å²) in [5.41, 5.74) is 0.352. The molecule has 0 radical (unpaired) electrons.